The molecule has 2 N–H and O–H groups in total. The first-order valence-corrected chi connectivity index (χ1v) is 6.79. The number of pyridine rings is 1. The van der Waals surface area contributed by atoms with Crippen molar-refractivity contribution in [2.75, 3.05) is 0 Å². The molecule has 0 fully saturated rings. The van der Waals surface area contributed by atoms with Crippen LogP contribution in [-0.2, 0) is 12.0 Å². The van der Waals surface area contributed by atoms with Gasteiger partial charge in [-0.05, 0) is 42.7 Å². The van der Waals surface area contributed by atoms with Gasteiger partial charge in [0.05, 0.1) is 5.02 Å². The molecule has 0 aliphatic carbocycles. The van der Waals surface area contributed by atoms with Crippen molar-refractivity contribution in [1.29, 1.82) is 0 Å². The minimum Gasteiger partial charge on any atom is -0.321 e. The van der Waals surface area contributed by atoms with Crippen molar-refractivity contribution in [3.05, 3.63) is 63.3 Å². The highest BCUT2D eigenvalue weighted by Crippen LogP contribution is 2.27. The van der Waals surface area contributed by atoms with Crippen LogP contribution in [0.4, 0.5) is 0 Å². The standard InChI is InChI=1S/C14H14BrClN2/c1-14(17,11-2-4-12(15)5-3-11)8-10-6-7-18-9-13(10)16/h2-7,9H,8,17H2,1H3. The molecule has 1 aromatic heterocycles. The molecule has 1 unspecified atom stereocenters. The second kappa shape index (κ2) is 5.39. The summed E-state index contributed by atoms with van der Waals surface area (Å²) in [5.41, 5.74) is 8.04. The second-order valence-electron chi connectivity index (χ2n) is 4.57. The van der Waals surface area contributed by atoms with Crippen LogP contribution in [0, 0.1) is 0 Å². The van der Waals surface area contributed by atoms with E-state index in [2.05, 4.69) is 20.9 Å². The first kappa shape index (κ1) is 13.5. The molecule has 0 radical (unpaired) electrons. The van der Waals surface area contributed by atoms with Gasteiger partial charge in [0.1, 0.15) is 0 Å². The second-order valence-corrected chi connectivity index (χ2v) is 5.89. The maximum atomic E-state index is 6.39. The average molecular weight is 326 g/mol. The van der Waals surface area contributed by atoms with Gasteiger partial charge in [0.25, 0.3) is 0 Å². The Bertz CT molecular complexity index is 538. The number of nitrogens with zero attached hydrogens (tertiary/aromatic N) is 1. The maximum Gasteiger partial charge on any atom is 0.0622 e. The van der Waals surface area contributed by atoms with E-state index < -0.39 is 5.54 Å². The molecule has 0 bridgehead atoms. The van der Waals surface area contributed by atoms with Crippen molar-refractivity contribution in [1.82, 2.24) is 4.98 Å². The molecule has 4 heteroatoms. The van der Waals surface area contributed by atoms with E-state index in [4.69, 9.17) is 17.3 Å². The molecule has 0 saturated carbocycles. The smallest absolute Gasteiger partial charge is 0.0622 e. The Morgan fingerprint density at radius 2 is 1.94 bits per heavy atom. The summed E-state index contributed by atoms with van der Waals surface area (Å²) in [5, 5.41) is 0.659. The topological polar surface area (TPSA) is 38.9 Å². The van der Waals surface area contributed by atoms with Crippen molar-refractivity contribution in [3.8, 4) is 0 Å². The predicted molar refractivity (Wildman–Crippen MR) is 78.6 cm³/mol. The third-order valence-corrected chi connectivity index (χ3v) is 3.79. The predicted octanol–water partition coefficient (Wildman–Crippen LogP) is 3.91. The van der Waals surface area contributed by atoms with Crippen LogP contribution >= 0.6 is 27.5 Å². The summed E-state index contributed by atoms with van der Waals surface area (Å²) >= 11 is 9.54. The van der Waals surface area contributed by atoms with Crippen LogP contribution in [0.3, 0.4) is 0 Å². The minimum absolute atomic E-state index is 0.453. The Kier molecular flexibility index (Phi) is 4.05. The van der Waals surface area contributed by atoms with Crippen LogP contribution in [0.25, 0.3) is 0 Å². The van der Waals surface area contributed by atoms with Crippen LogP contribution < -0.4 is 5.73 Å². The van der Waals surface area contributed by atoms with Crippen LogP contribution in [0.1, 0.15) is 18.1 Å². The van der Waals surface area contributed by atoms with Gasteiger partial charge in [-0.15, -0.1) is 0 Å². The number of rotatable bonds is 3. The summed E-state index contributed by atoms with van der Waals surface area (Å²) in [6, 6.07) is 9.95. The molecule has 2 nitrogen and oxygen atoms in total. The Morgan fingerprint density at radius 3 is 2.56 bits per heavy atom. The first-order valence-electron chi connectivity index (χ1n) is 5.62. The molecule has 0 amide bonds. The summed E-state index contributed by atoms with van der Waals surface area (Å²) in [6.45, 7) is 2.01. The van der Waals surface area contributed by atoms with Gasteiger partial charge in [-0.3, -0.25) is 4.98 Å². The van der Waals surface area contributed by atoms with E-state index in [0.29, 0.717) is 11.4 Å². The highest BCUT2D eigenvalue weighted by molar-refractivity contribution is 9.10. The highest BCUT2D eigenvalue weighted by atomic mass is 79.9. The zero-order chi connectivity index (χ0) is 13.2. The fourth-order valence-corrected chi connectivity index (χ4v) is 2.33. The molecule has 0 saturated heterocycles. The van der Waals surface area contributed by atoms with E-state index >= 15 is 0 Å². The molecule has 2 rings (SSSR count). The first-order chi connectivity index (χ1) is 8.49. The highest BCUT2D eigenvalue weighted by Gasteiger charge is 2.22. The van der Waals surface area contributed by atoms with Gasteiger partial charge in [-0.2, -0.15) is 0 Å². The summed E-state index contributed by atoms with van der Waals surface area (Å²) < 4.78 is 1.05. The summed E-state index contributed by atoms with van der Waals surface area (Å²) in [7, 11) is 0. The average Bonchev–Trinajstić information content (AvgIpc) is 2.32. The zero-order valence-corrected chi connectivity index (χ0v) is 12.4. The molecule has 18 heavy (non-hydrogen) atoms. The number of hydrogen-bond donors (Lipinski definition) is 1. The largest absolute Gasteiger partial charge is 0.321 e. The molecule has 94 valence electrons. The van der Waals surface area contributed by atoms with Gasteiger partial charge in [0.15, 0.2) is 0 Å². The lowest BCUT2D eigenvalue weighted by Gasteiger charge is -2.26. The Balaban J connectivity index is 2.27. The molecule has 1 aromatic carbocycles. The van der Waals surface area contributed by atoms with Gasteiger partial charge in [0, 0.05) is 22.4 Å². The van der Waals surface area contributed by atoms with E-state index in [0.717, 1.165) is 15.6 Å². The molecule has 1 atom stereocenters. The molecular formula is C14H14BrClN2. The SMILES string of the molecule is CC(N)(Cc1ccncc1Cl)c1ccc(Br)cc1. The molecule has 2 aromatic rings. The number of aromatic nitrogens is 1. The van der Waals surface area contributed by atoms with E-state index in [1.807, 2.05) is 37.3 Å². The minimum atomic E-state index is -0.453. The lowest BCUT2D eigenvalue weighted by atomic mass is 9.87. The van der Waals surface area contributed by atoms with E-state index in [1.54, 1.807) is 12.4 Å². The van der Waals surface area contributed by atoms with E-state index in [-0.39, 0.29) is 0 Å². The number of benzene rings is 1. The number of halogens is 2. The van der Waals surface area contributed by atoms with Crippen LogP contribution in [0.2, 0.25) is 5.02 Å². The summed E-state index contributed by atoms with van der Waals surface area (Å²) in [4.78, 5) is 3.98. The lowest BCUT2D eigenvalue weighted by Crippen LogP contribution is -2.35. The van der Waals surface area contributed by atoms with Gasteiger partial charge >= 0.3 is 0 Å². The van der Waals surface area contributed by atoms with Crippen molar-refractivity contribution in [2.45, 2.75) is 18.9 Å². The maximum absolute atomic E-state index is 6.39. The Hall–Kier alpha value is -0.900. The van der Waals surface area contributed by atoms with Crippen molar-refractivity contribution >= 4 is 27.5 Å². The van der Waals surface area contributed by atoms with Crippen LogP contribution in [0.15, 0.2) is 47.2 Å². The van der Waals surface area contributed by atoms with Crippen LogP contribution in [-0.4, -0.2) is 4.98 Å². The fraction of sp³-hybridized carbons (Fsp3) is 0.214. The third kappa shape index (κ3) is 3.10. The third-order valence-electron chi connectivity index (χ3n) is 2.92. The Labute approximate surface area is 120 Å². The molecular weight excluding hydrogens is 312 g/mol. The van der Waals surface area contributed by atoms with Crippen LogP contribution in [0.5, 0.6) is 0 Å². The summed E-state index contributed by atoms with van der Waals surface area (Å²) in [5.74, 6) is 0. The molecule has 0 spiro atoms. The number of hydrogen-bond acceptors (Lipinski definition) is 2. The normalized spacial score (nSPS) is 14.2. The van der Waals surface area contributed by atoms with E-state index in [1.165, 1.54) is 0 Å². The van der Waals surface area contributed by atoms with Gasteiger partial charge in [-0.25, -0.2) is 0 Å². The quantitative estimate of drug-likeness (QED) is 0.929. The fourth-order valence-electron chi connectivity index (χ4n) is 1.88. The van der Waals surface area contributed by atoms with Gasteiger partial charge in [-0.1, -0.05) is 39.7 Å². The lowest BCUT2D eigenvalue weighted by molar-refractivity contribution is 0.491. The van der Waals surface area contributed by atoms with Crippen molar-refractivity contribution in [3.63, 3.8) is 0 Å². The summed E-state index contributed by atoms with van der Waals surface area (Å²) in [6.07, 6.45) is 4.06. The molecule has 0 aliphatic heterocycles. The monoisotopic (exact) mass is 324 g/mol. The van der Waals surface area contributed by atoms with E-state index in [9.17, 15) is 0 Å². The van der Waals surface area contributed by atoms with Crippen molar-refractivity contribution < 1.29 is 0 Å². The number of nitrogens with two attached hydrogens (primary N) is 1. The zero-order valence-electron chi connectivity index (χ0n) is 10.0. The van der Waals surface area contributed by atoms with Gasteiger partial charge < -0.3 is 5.73 Å². The van der Waals surface area contributed by atoms with Gasteiger partial charge in [0.2, 0.25) is 0 Å². The Morgan fingerprint density at radius 1 is 1.28 bits per heavy atom. The van der Waals surface area contributed by atoms with Crippen molar-refractivity contribution in [2.24, 2.45) is 5.73 Å². The molecule has 1 heterocycles. The molecule has 0 aliphatic rings.